The van der Waals surface area contributed by atoms with E-state index in [-0.39, 0.29) is 0 Å². The lowest BCUT2D eigenvalue weighted by Crippen LogP contribution is -2.07. The molecule has 7 nitrogen and oxygen atoms in total. The quantitative estimate of drug-likeness (QED) is 0.273. The molecule has 164 valence electrons. The van der Waals surface area contributed by atoms with E-state index >= 15 is 0 Å². The molecule has 0 amide bonds. The number of carbonyl (C=O) groups is 1. The predicted octanol–water partition coefficient (Wildman–Crippen LogP) is 5.13. The van der Waals surface area contributed by atoms with Crippen LogP contribution < -0.4 is 0 Å². The van der Waals surface area contributed by atoms with Crippen molar-refractivity contribution in [2.24, 2.45) is 0 Å². The summed E-state index contributed by atoms with van der Waals surface area (Å²) in [5, 5.41) is 9.74. The molecule has 0 unspecified atom stereocenters. The number of rotatable bonds is 8. The second-order valence-electron chi connectivity index (χ2n) is 7.05. The fraction of sp³-hybridized carbons (Fsp3) is 0.250. The van der Waals surface area contributed by atoms with Crippen LogP contribution >= 0.6 is 11.8 Å². The molecule has 0 aliphatic carbocycles. The van der Waals surface area contributed by atoms with Gasteiger partial charge in [-0.3, -0.25) is 9.55 Å². The number of nitrogens with zero attached hydrogens (tertiary/aromatic N) is 4. The normalized spacial score (nSPS) is 11.0. The first-order valence-electron chi connectivity index (χ1n) is 10.4. The van der Waals surface area contributed by atoms with E-state index in [1.54, 1.807) is 18.5 Å². The van der Waals surface area contributed by atoms with Crippen LogP contribution in [-0.4, -0.2) is 32.8 Å². The van der Waals surface area contributed by atoms with Gasteiger partial charge in [0.1, 0.15) is 11.3 Å². The predicted molar refractivity (Wildman–Crippen MR) is 123 cm³/mol. The summed E-state index contributed by atoms with van der Waals surface area (Å²) in [6.45, 7) is 4.29. The van der Waals surface area contributed by atoms with Gasteiger partial charge in [0.25, 0.3) is 0 Å². The number of furan rings is 1. The molecule has 0 aliphatic rings. The topological polar surface area (TPSA) is 83.0 Å². The highest BCUT2D eigenvalue weighted by Gasteiger charge is 2.22. The highest BCUT2D eigenvalue weighted by atomic mass is 32.2. The number of carbonyl (C=O) groups excluding carboxylic acids is 1. The Morgan fingerprint density at radius 2 is 1.88 bits per heavy atom. The number of pyridine rings is 1. The number of aryl methyl sites for hydroxylation is 2. The average molecular weight is 449 g/mol. The van der Waals surface area contributed by atoms with Crippen LogP contribution in [0.2, 0.25) is 0 Å². The number of para-hydroxylation sites is 1. The van der Waals surface area contributed by atoms with Gasteiger partial charge in [0, 0.05) is 18.0 Å². The van der Waals surface area contributed by atoms with Crippen molar-refractivity contribution in [2.75, 3.05) is 7.11 Å². The molecule has 0 saturated carbocycles. The zero-order chi connectivity index (χ0) is 22.5. The van der Waals surface area contributed by atoms with Crippen LogP contribution in [-0.2, 0) is 23.3 Å². The summed E-state index contributed by atoms with van der Waals surface area (Å²) in [5.74, 6) is 1.26. The van der Waals surface area contributed by atoms with Crippen molar-refractivity contribution in [1.82, 2.24) is 19.7 Å². The van der Waals surface area contributed by atoms with Crippen LogP contribution in [0.5, 0.6) is 0 Å². The SMILES string of the molecule is CCc1cccc(CC)c1-n1c(SCc2occc2C(=O)OC)nnc1-c1cccnc1. The second-order valence-corrected chi connectivity index (χ2v) is 8.00. The van der Waals surface area contributed by atoms with Crippen LogP contribution in [0.25, 0.3) is 17.1 Å². The standard InChI is InChI=1S/C24H24N4O3S/c1-4-16-8-6-9-17(5-2)21(16)28-22(18-10-7-12-25-14-18)26-27-24(28)32-15-20-19(11-13-31-20)23(29)30-3/h6-14H,4-5,15H2,1-3H3. The molecule has 4 rings (SSSR count). The van der Waals surface area contributed by atoms with Gasteiger partial charge in [-0.05, 0) is 42.2 Å². The minimum absolute atomic E-state index is 0.415. The lowest BCUT2D eigenvalue weighted by molar-refractivity contribution is 0.0598. The summed E-state index contributed by atoms with van der Waals surface area (Å²) in [5.41, 5.74) is 4.82. The highest BCUT2D eigenvalue weighted by molar-refractivity contribution is 7.98. The van der Waals surface area contributed by atoms with Crippen molar-refractivity contribution >= 4 is 17.7 Å². The minimum Gasteiger partial charge on any atom is -0.468 e. The molecule has 0 fully saturated rings. The Morgan fingerprint density at radius 1 is 1.09 bits per heavy atom. The molecule has 1 aromatic carbocycles. The van der Waals surface area contributed by atoms with E-state index in [2.05, 4.69) is 51.8 Å². The summed E-state index contributed by atoms with van der Waals surface area (Å²) in [6.07, 6.45) is 6.78. The molecule has 0 bridgehead atoms. The van der Waals surface area contributed by atoms with Gasteiger partial charge in [0.2, 0.25) is 0 Å². The molecule has 0 aliphatic heterocycles. The smallest absolute Gasteiger partial charge is 0.341 e. The first-order valence-corrected chi connectivity index (χ1v) is 11.4. The van der Waals surface area contributed by atoms with Gasteiger partial charge in [-0.1, -0.05) is 43.8 Å². The van der Waals surface area contributed by atoms with Crippen molar-refractivity contribution in [3.05, 3.63) is 77.5 Å². The molecule has 0 spiro atoms. The summed E-state index contributed by atoms with van der Waals surface area (Å²) in [7, 11) is 1.36. The summed E-state index contributed by atoms with van der Waals surface area (Å²) >= 11 is 1.46. The number of thioether (sulfide) groups is 1. The van der Waals surface area contributed by atoms with Gasteiger partial charge in [-0.25, -0.2) is 4.79 Å². The maximum atomic E-state index is 12.0. The molecule has 0 N–H and O–H groups in total. The third-order valence-electron chi connectivity index (χ3n) is 5.22. The number of ether oxygens (including phenoxy) is 1. The molecule has 4 aromatic rings. The van der Waals surface area contributed by atoms with Gasteiger partial charge in [-0.15, -0.1) is 10.2 Å². The number of hydrogen-bond donors (Lipinski definition) is 0. The van der Waals surface area contributed by atoms with Gasteiger partial charge in [0.15, 0.2) is 11.0 Å². The Balaban J connectivity index is 1.81. The highest BCUT2D eigenvalue weighted by Crippen LogP contribution is 2.33. The number of hydrogen-bond acceptors (Lipinski definition) is 7. The Morgan fingerprint density at radius 3 is 2.53 bits per heavy atom. The van der Waals surface area contributed by atoms with E-state index in [1.165, 1.54) is 36.3 Å². The largest absolute Gasteiger partial charge is 0.468 e. The van der Waals surface area contributed by atoms with E-state index < -0.39 is 5.97 Å². The van der Waals surface area contributed by atoms with Crippen LogP contribution in [0, 0.1) is 0 Å². The third-order valence-corrected chi connectivity index (χ3v) is 6.15. The van der Waals surface area contributed by atoms with E-state index in [0.717, 1.165) is 29.9 Å². The molecule has 0 atom stereocenters. The van der Waals surface area contributed by atoms with Gasteiger partial charge in [-0.2, -0.15) is 0 Å². The van der Waals surface area contributed by atoms with Gasteiger partial charge < -0.3 is 9.15 Å². The van der Waals surface area contributed by atoms with E-state index in [9.17, 15) is 4.79 Å². The molecule has 32 heavy (non-hydrogen) atoms. The number of benzene rings is 1. The molecule has 0 radical (unpaired) electrons. The van der Waals surface area contributed by atoms with Crippen molar-refractivity contribution in [3.63, 3.8) is 0 Å². The molecule has 3 aromatic heterocycles. The Kier molecular flexibility index (Phi) is 6.70. The van der Waals surface area contributed by atoms with Crippen molar-refractivity contribution in [2.45, 2.75) is 37.6 Å². The third kappa shape index (κ3) is 4.18. The average Bonchev–Trinajstić information content (AvgIpc) is 3.49. The van der Waals surface area contributed by atoms with Crippen molar-refractivity contribution < 1.29 is 13.9 Å². The minimum atomic E-state index is -0.420. The molecule has 8 heteroatoms. The van der Waals surface area contributed by atoms with E-state index in [4.69, 9.17) is 9.15 Å². The number of aromatic nitrogens is 4. The van der Waals surface area contributed by atoms with Crippen LogP contribution in [0.1, 0.15) is 41.1 Å². The lowest BCUT2D eigenvalue weighted by Gasteiger charge is -2.17. The van der Waals surface area contributed by atoms with E-state index in [0.29, 0.717) is 22.2 Å². The molecular formula is C24H24N4O3S. The maximum absolute atomic E-state index is 12.0. The summed E-state index contributed by atoms with van der Waals surface area (Å²) in [4.78, 5) is 16.3. The monoisotopic (exact) mass is 448 g/mol. The first-order chi connectivity index (χ1) is 15.7. The maximum Gasteiger partial charge on any atom is 0.341 e. The van der Waals surface area contributed by atoms with Gasteiger partial charge in [0.05, 0.1) is 24.8 Å². The molecular weight excluding hydrogens is 424 g/mol. The van der Waals surface area contributed by atoms with Gasteiger partial charge >= 0.3 is 5.97 Å². The Hall–Kier alpha value is -3.39. The van der Waals surface area contributed by atoms with Crippen LogP contribution in [0.3, 0.4) is 0 Å². The number of esters is 1. The summed E-state index contributed by atoms with van der Waals surface area (Å²) < 4.78 is 12.5. The van der Waals surface area contributed by atoms with Crippen LogP contribution in [0.4, 0.5) is 0 Å². The Bertz CT molecular complexity index is 1190. The summed E-state index contributed by atoms with van der Waals surface area (Å²) in [6, 6.07) is 11.8. The second kappa shape index (κ2) is 9.82. The van der Waals surface area contributed by atoms with Crippen molar-refractivity contribution in [3.8, 4) is 17.1 Å². The zero-order valence-electron chi connectivity index (χ0n) is 18.2. The fourth-order valence-electron chi connectivity index (χ4n) is 3.62. The number of methoxy groups -OCH3 is 1. The van der Waals surface area contributed by atoms with Crippen LogP contribution in [0.15, 0.2) is 64.6 Å². The molecule has 0 saturated heterocycles. The fourth-order valence-corrected chi connectivity index (χ4v) is 4.51. The Labute approximate surface area is 190 Å². The molecule has 3 heterocycles. The first kappa shape index (κ1) is 21.8. The lowest BCUT2D eigenvalue weighted by atomic mass is 10.0. The van der Waals surface area contributed by atoms with E-state index in [1.807, 2.05) is 12.1 Å². The van der Waals surface area contributed by atoms with Crippen molar-refractivity contribution in [1.29, 1.82) is 0 Å². The zero-order valence-corrected chi connectivity index (χ0v) is 19.1.